The van der Waals surface area contributed by atoms with Crippen LogP contribution in [0, 0.1) is 0 Å². The maximum atomic E-state index is 13.1. The third-order valence-corrected chi connectivity index (χ3v) is 4.93. The average molecular weight is 427 g/mol. The van der Waals surface area contributed by atoms with E-state index in [1.54, 1.807) is 19.1 Å². The van der Waals surface area contributed by atoms with Crippen molar-refractivity contribution in [2.45, 2.75) is 25.8 Å². The fourth-order valence-corrected chi connectivity index (χ4v) is 3.25. The quantitative estimate of drug-likeness (QED) is 0.485. The maximum absolute atomic E-state index is 13.1. The number of benzene rings is 1. The molecule has 26 heavy (non-hydrogen) atoms. The van der Waals surface area contributed by atoms with Gasteiger partial charge in [0.1, 0.15) is 5.69 Å². The van der Waals surface area contributed by atoms with E-state index in [-0.39, 0.29) is 17.0 Å². The summed E-state index contributed by atoms with van der Waals surface area (Å²) in [5.74, 6) is -0.738. The summed E-state index contributed by atoms with van der Waals surface area (Å²) in [6, 6.07) is 2.59. The van der Waals surface area contributed by atoms with Crippen molar-refractivity contribution in [2.75, 3.05) is 7.11 Å². The van der Waals surface area contributed by atoms with E-state index in [9.17, 15) is 13.6 Å². The highest BCUT2D eigenvalue weighted by atomic mass is 35.5. The van der Waals surface area contributed by atoms with E-state index >= 15 is 0 Å². The molecule has 0 aliphatic carbocycles. The lowest BCUT2D eigenvalue weighted by molar-refractivity contribution is -0.119. The van der Waals surface area contributed by atoms with E-state index in [2.05, 4.69) is 5.10 Å². The van der Waals surface area contributed by atoms with E-state index in [0.29, 0.717) is 15.6 Å². The lowest BCUT2D eigenvalue weighted by atomic mass is 10.1. The van der Waals surface area contributed by atoms with Crippen LogP contribution in [0.15, 0.2) is 18.3 Å². The number of rotatable bonds is 6. The average Bonchev–Trinajstić information content (AvgIpc) is 2.98. The molecule has 1 heterocycles. The van der Waals surface area contributed by atoms with E-state index in [0.717, 1.165) is 9.75 Å². The lowest BCUT2D eigenvalue weighted by Crippen LogP contribution is -2.39. The van der Waals surface area contributed by atoms with Gasteiger partial charge in [0.05, 0.1) is 28.8 Å². The highest BCUT2D eigenvalue weighted by Gasteiger charge is 2.30. The number of hydroxylamine groups is 2. The van der Waals surface area contributed by atoms with Crippen molar-refractivity contribution in [3.63, 3.8) is 0 Å². The highest BCUT2D eigenvalue weighted by molar-refractivity contribution is 6.44. The van der Waals surface area contributed by atoms with E-state index in [1.807, 2.05) is 0 Å². The van der Waals surface area contributed by atoms with Crippen LogP contribution in [0.5, 0.6) is 0 Å². The van der Waals surface area contributed by atoms with Gasteiger partial charge in [-0.15, -0.1) is 0 Å². The summed E-state index contributed by atoms with van der Waals surface area (Å²) in [5.41, 5.74) is -0.312. The van der Waals surface area contributed by atoms with Gasteiger partial charge in [-0.1, -0.05) is 34.8 Å². The Hall–Kier alpha value is -1.41. The van der Waals surface area contributed by atoms with Crippen LogP contribution in [0.2, 0.25) is 15.1 Å². The minimum absolute atomic E-state index is 0.210. The molecule has 1 aromatic heterocycles. The Labute approximate surface area is 164 Å². The minimum atomic E-state index is -2.89. The molecular formula is C16H16Cl3F2N3O2. The number of carbonyl (C=O) groups is 1. The van der Waals surface area contributed by atoms with Gasteiger partial charge in [-0.2, -0.15) is 5.10 Å². The molecule has 0 radical (unpaired) electrons. The molecule has 0 unspecified atom stereocenters. The molecule has 0 aliphatic heterocycles. The molecule has 0 spiro atoms. The molecule has 1 atom stereocenters. The predicted octanol–water partition coefficient (Wildman–Crippen LogP) is 4.95. The summed E-state index contributed by atoms with van der Waals surface area (Å²) >= 11 is 18.3. The van der Waals surface area contributed by atoms with Crippen LogP contribution in [0.3, 0.4) is 0 Å². The molecule has 5 nitrogen and oxygen atoms in total. The minimum Gasteiger partial charge on any atom is -0.275 e. The van der Waals surface area contributed by atoms with Gasteiger partial charge in [-0.3, -0.25) is 14.3 Å². The van der Waals surface area contributed by atoms with Crippen molar-refractivity contribution in [2.24, 2.45) is 7.05 Å². The topological polar surface area (TPSA) is 47.4 Å². The Kier molecular flexibility index (Phi) is 6.85. The van der Waals surface area contributed by atoms with Crippen LogP contribution in [0.25, 0.3) is 0 Å². The van der Waals surface area contributed by atoms with Gasteiger partial charge >= 0.3 is 0 Å². The fraction of sp³-hybridized carbons (Fsp3) is 0.375. The van der Waals surface area contributed by atoms with Crippen LogP contribution >= 0.6 is 34.8 Å². The molecule has 0 aliphatic rings. The second-order valence-corrected chi connectivity index (χ2v) is 6.78. The van der Waals surface area contributed by atoms with E-state index < -0.39 is 24.1 Å². The van der Waals surface area contributed by atoms with Crippen molar-refractivity contribution in [1.82, 2.24) is 14.8 Å². The lowest BCUT2D eigenvalue weighted by Gasteiger charge is -2.27. The van der Waals surface area contributed by atoms with E-state index in [4.69, 9.17) is 39.6 Å². The summed E-state index contributed by atoms with van der Waals surface area (Å²) in [4.78, 5) is 17.8. The normalized spacial score (nSPS) is 12.5. The molecular weight excluding hydrogens is 411 g/mol. The summed E-state index contributed by atoms with van der Waals surface area (Å²) in [7, 11) is 2.72. The molecule has 0 saturated heterocycles. The summed E-state index contributed by atoms with van der Waals surface area (Å²) < 4.78 is 27.4. The number of hydrogen-bond donors (Lipinski definition) is 0. The summed E-state index contributed by atoms with van der Waals surface area (Å²) in [6.45, 7) is 1.67. The first kappa shape index (κ1) is 20.9. The number of hydrogen-bond acceptors (Lipinski definition) is 3. The van der Waals surface area contributed by atoms with Gasteiger partial charge in [0, 0.05) is 18.3 Å². The van der Waals surface area contributed by atoms with Gasteiger partial charge in [0.2, 0.25) is 0 Å². The molecule has 0 bridgehead atoms. The van der Waals surface area contributed by atoms with Crippen LogP contribution in [0.1, 0.15) is 35.0 Å². The number of aromatic nitrogens is 2. The van der Waals surface area contributed by atoms with Crippen LogP contribution in [0.4, 0.5) is 8.78 Å². The Balaban J connectivity index is 2.31. The molecule has 1 aromatic carbocycles. The monoisotopic (exact) mass is 425 g/mol. The van der Waals surface area contributed by atoms with Gasteiger partial charge in [-0.05, 0) is 31.0 Å². The fourth-order valence-electron chi connectivity index (χ4n) is 2.55. The molecule has 0 N–H and O–H groups in total. The number of carbonyl (C=O) groups excluding carboxylic acids is 1. The van der Waals surface area contributed by atoms with Crippen molar-refractivity contribution in [3.05, 3.63) is 50.2 Å². The number of alkyl halides is 2. The number of halogens is 5. The smallest absolute Gasteiger partial charge is 0.275 e. The van der Waals surface area contributed by atoms with Gasteiger partial charge in [0.15, 0.2) is 0 Å². The molecule has 0 fully saturated rings. The first-order valence-corrected chi connectivity index (χ1v) is 8.62. The second-order valence-electron chi connectivity index (χ2n) is 5.59. The first-order valence-electron chi connectivity index (χ1n) is 7.49. The number of aryl methyl sites for hydroxylation is 1. The maximum Gasteiger partial charge on any atom is 0.282 e. The van der Waals surface area contributed by atoms with Crippen LogP contribution < -0.4 is 0 Å². The van der Waals surface area contributed by atoms with Crippen molar-refractivity contribution < 1.29 is 18.4 Å². The SMILES string of the molecule is CON(C(=O)c1cn(C)nc1C(F)F)[C@@H](C)Cc1c(Cl)ccc(Cl)c1Cl. The van der Waals surface area contributed by atoms with E-state index in [1.165, 1.54) is 20.4 Å². The second kappa shape index (κ2) is 8.52. The summed E-state index contributed by atoms with van der Waals surface area (Å²) in [5, 5.41) is 5.58. The van der Waals surface area contributed by atoms with Crippen molar-refractivity contribution in [3.8, 4) is 0 Å². The zero-order chi connectivity index (χ0) is 19.6. The van der Waals surface area contributed by atoms with Gasteiger partial charge < -0.3 is 0 Å². The molecule has 10 heteroatoms. The molecule has 1 amide bonds. The van der Waals surface area contributed by atoms with Crippen molar-refractivity contribution in [1.29, 1.82) is 0 Å². The Morgan fingerprint density at radius 2 is 1.92 bits per heavy atom. The predicted molar refractivity (Wildman–Crippen MR) is 96.0 cm³/mol. The third-order valence-electron chi connectivity index (χ3n) is 3.73. The van der Waals surface area contributed by atoms with Gasteiger partial charge in [0.25, 0.3) is 12.3 Å². The van der Waals surface area contributed by atoms with Crippen LogP contribution in [-0.4, -0.2) is 33.9 Å². The largest absolute Gasteiger partial charge is 0.282 e. The molecule has 2 rings (SSSR count). The Bertz CT molecular complexity index is 814. The standard InChI is InChI=1S/C16H16Cl3F2N3O2/c1-8(6-9-11(17)4-5-12(18)13(9)19)24(26-3)16(25)10-7-23(2)22-14(10)15(20)21/h4-5,7-8,15H,6H2,1-3H3/t8-/m0/s1. The number of nitrogens with zero attached hydrogens (tertiary/aromatic N) is 3. The number of amides is 1. The van der Waals surface area contributed by atoms with Gasteiger partial charge in [-0.25, -0.2) is 13.8 Å². The zero-order valence-corrected chi connectivity index (χ0v) is 16.4. The Morgan fingerprint density at radius 3 is 2.50 bits per heavy atom. The molecule has 142 valence electrons. The third kappa shape index (κ3) is 4.28. The van der Waals surface area contributed by atoms with Crippen LogP contribution in [-0.2, 0) is 18.3 Å². The highest BCUT2D eigenvalue weighted by Crippen LogP contribution is 2.33. The zero-order valence-electron chi connectivity index (χ0n) is 14.1. The molecule has 2 aromatic rings. The molecule has 0 saturated carbocycles. The summed E-state index contributed by atoms with van der Waals surface area (Å²) in [6.07, 6.45) is -1.45. The van der Waals surface area contributed by atoms with Crippen molar-refractivity contribution >= 4 is 40.7 Å². The first-order chi connectivity index (χ1) is 12.2. The Morgan fingerprint density at radius 1 is 1.31 bits per heavy atom.